The quantitative estimate of drug-likeness (QED) is 0.432. The van der Waals surface area contributed by atoms with Gasteiger partial charge in [-0.3, -0.25) is 14.5 Å². The van der Waals surface area contributed by atoms with Crippen LogP contribution in [0.3, 0.4) is 0 Å². The lowest BCUT2D eigenvalue weighted by atomic mass is 9.92. The number of aromatic nitrogens is 1. The number of nitrogens with zero attached hydrogens (tertiary/aromatic N) is 2. The van der Waals surface area contributed by atoms with Crippen LogP contribution in [0.1, 0.15) is 34.2 Å². The number of para-hydroxylation sites is 1. The number of Topliss-reactive ketones (excluding diaryl/α,β-unsaturated/α-hetero) is 1. The molecule has 158 valence electrons. The van der Waals surface area contributed by atoms with E-state index in [1.165, 1.54) is 0 Å². The number of rotatable bonds is 5. The summed E-state index contributed by atoms with van der Waals surface area (Å²) in [7, 11) is 0. The summed E-state index contributed by atoms with van der Waals surface area (Å²) in [6.07, 6.45) is 0. The van der Waals surface area contributed by atoms with Crippen LogP contribution in [-0.2, 0) is 10.3 Å². The fourth-order valence-electron chi connectivity index (χ4n) is 4.08. The molecule has 0 aliphatic carbocycles. The number of ketones is 1. The maximum atomic E-state index is 13.2. The molecule has 1 unspecified atom stereocenters. The summed E-state index contributed by atoms with van der Waals surface area (Å²) < 4.78 is 2.79. The van der Waals surface area contributed by atoms with Gasteiger partial charge in [-0.25, -0.2) is 4.79 Å². The van der Waals surface area contributed by atoms with Gasteiger partial charge in [0.25, 0.3) is 5.91 Å². The minimum atomic E-state index is -1.22. The van der Waals surface area contributed by atoms with Crippen molar-refractivity contribution in [2.75, 3.05) is 6.54 Å². The summed E-state index contributed by atoms with van der Waals surface area (Å²) in [4.78, 5) is 39.9. The Hall–Kier alpha value is -3.19. The lowest BCUT2D eigenvalue weighted by Gasteiger charge is -2.22. The molecule has 2 aromatic carbocycles. The number of hydrogen-bond donors (Lipinski definition) is 1. The molecule has 6 nitrogen and oxygen atoms in total. The highest BCUT2D eigenvalue weighted by molar-refractivity contribution is 9.10. The Morgan fingerprint density at radius 1 is 1.03 bits per heavy atom. The fourth-order valence-corrected chi connectivity index (χ4v) is 4.48. The molecule has 1 aliphatic rings. The minimum Gasteiger partial charge on any atom is -0.319 e. The average molecular weight is 480 g/mol. The topological polar surface area (TPSA) is 71.4 Å². The second kappa shape index (κ2) is 7.81. The van der Waals surface area contributed by atoms with Crippen molar-refractivity contribution in [2.24, 2.45) is 0 Å². The highest BCUT2D eigenvalue weighted by atomic mass is 79.9. The number of urea groups is 1. The molecular formula is C24H22BrN3O3. The van der Waals surface area contributed by atoms with Crippen LogP contribution >= 0.6 is 15.9 Å². The normalized spacial score (nSPS) is 18.4. The van der Waals surface area contributed by atoms with Gasteiger partial charge in [-0.15, -0.1) is 0 Å². The minimum absolute atomic E-state index is 0.280. The lowest BCUT2D eigenvalue weighted by Crippen LogP contribution is -2.41. The highest BCUT2D eigenvalue weighted by Crippen LogP contribution is 2.31. The summed E-state index contributed by atoms with van der Waals surface area (Å²) >= 11 is 3.40. The van der Waals surface area contributed by atoms with Crippen molar-refractivity contribution in [3.63, 3.8) is 0 Å². The van der Waals surface area contributed by atoms with Gasteiger partial charge in [0.1, 0.15) is 5.54 Å². The Kier molecular flexibility index (Phi) is 5.31. The maximum Gasteiger partial charge on any atom is 0.325 e. The fraction of sp³-hybridized carbons (Fsp3) is 0.208. The lowest BCUT2D eigenvalue weighted by molar-refractivity contribution is -0.130. The molecule has 4 rings (SSSR count). The molecule has 1 saturated heterocycles. The van der Waals surface area contributed by atoms with E-state index < -0.39 is 17.5 Å². The van der Waals surface area contributed by atoms with Gasteiger partial charge in [0.15, 0.2) is 5.78 Å². The molecule has 1 aromatic heterocycles. The molecule has 3 aromatic rings. The first-order valence-corrected chi connectivity index (χ1v) is 10.7. The zero-order chi connectivity index (χ0) is 22.3. The number of amides is 3. The molecule has 0 spiro atoms. The van der Waals surface area contributed by atoms with Crippen molar-refractivity contribution in [2.45, 2.75) is 26.3 Å². The highest BCUT2D eigenvalue weighted by Gasteiger charge is 2.49. The third-order valence-corrected chi connectivity index (χ3v) is 6.22. The SMILES string of the molecule is Cc1cc(C(=O)CN2C(=O)NC(C)(c3cccc(Br)c3)C2=O)c(C)n1-c1ccccc1. The molecule has 0 saturated carbocycles. The first-order chi connectivity index (χ1) is 14.7. The summed E-state index contributed by atoms with van der Waals surface area (Å²) in [5.41, 5.74) is 2.56. The largest absolute Gasteiger partial charge is 0.325 e. The molecule has 1 fully saturated rings. The van der Waals surface area contributed by atoms with E-state index in [1.54, 1.807) is 31.2 Å². The molecule has 3 amide bonds. The van der Waals surface area contributed by atoms with E-state index >= 15 is 0 Å². The predicted molar refractivity (Wildman–Crippen MR) is 121 cm³/mol. The molecular weight excluding hydrogens is 458 g/mol. The number of carbonyl (C=O) groups excluding carboxylic acids is 3. The van der Waals surface area contributed by atoms with Gasteiger partial charge in [0, 0.05) is 27.1 Å². The average Bonchev–Trinajstić information content (AvgIpc) is 3.16. The Morgan fingerprint density at radius 2 is 1.74 bits per heavy atom. The zero-order valence-corrected chi connectivity index (χ0v) is 19.1. The standard InChI is InChI=1S/C24H22BrN3O3/c1-15-12-20(16(2)28(15)19-10-5-4-6-11-19)21(29)14-27-22(30)24(3,26-23(27)31)17-8-7-9-18(25)13-17/h4-13H,14H2,1-3H3,(H,26,31). The Labute approximate surface area is 189 Å². The van der Waals surface area contributed by atoms with Gasteiger partial charge in [0.05, 0.1) is 6.54 Å². The molecule has 2 heterocycles. The van der Waals surface area contributed by atoms with Crippen molar-refractivity contribution >= 4 is 33.7 Å². The van der Waals surface area contributed by atoms with Crippen LogP contribution in [0.2, 0.25) is 0 Å². The first kappa shape index (κ1) is 21.1. The smallest absolute Gasteiger partial charge is 0.319 e. The first-order valence-electron chi connectivity index (χ1n) is 9.90. The van der Waals surface area contributed by atoms with Gasteiger partial charge in [0.2, 0.25) is 0 Å². The second-order valence-corrected chi connectivity index (χ2v) is 8.75. The van der Waals surface area contributed by atoms with Crippen LogP contribution in [0.25, 0.3) is 5.69 Å². The third-order valence-electron chi connectivity index (χ3n) is 5.72. The van der Waals surface area contributed by atoms with Crippen LogP contribution < -0.4 is 5.32 Å². The van der Waals surface area contributed by atoms with E-state index in [0.717, 1.165) is 26.4 Å². The summed E-state index contributed by atoms with van der Waals surface area (Å²) in [6, 6.07) is 18.2. The van der Waals surface area contributed by atoms with Gasteiger partial charge in [-0.2, -0.15) is 0 Å². The summed E-state index contributed by atoms with van der Waals surface area (Å²) in [5.74, 6) is -0.724. The van der Waals surface area contributed by atoms with Crippen LogP contribution in [0.4, 0.5) is 4.79 Å². The number of halogens is 1. The van der Waals surface area contributed by atoms with E-state index in [-0.39, 0.29) is 12.3 Å². The molecule has 31 heavy (non-hydrogen) atoms. The van der Waals surface area contributed by atoms with Gasteiger partial charge < -0.3 is 9.88 Å². The molecule has 1 atom stereocenters. The number of hydrogen-bond acceptors (Lipinski definition) is 3. The third kappa shape index (κ3) is 3.59. The second-order valence-electron chi connectivity index (χ2n) is 7.84. The van der Waals surface area contributed by atoms with Crippen LogP contribution in [0, 0.1) is 13.8 Å². The number of nitrogens with one attached hydrogen (secondary N) is 1. The van der Waals surface area contributed by atoms with Gasteiger partial charge in [-0.05, 0) is 56.7 Å². The number of carbonyl (C=O) groups is 3. The number of benzene rings is 2. The van der Waals surface area contributed by atoms with E-state index in [9.17, 15) is 14.4 Å². The van der Waals surface area contributed by atoms with E-state index in [4.69, 9.17) is 0 Å². The van der Waals surface area contributed by atoms with Crippen LogP contribution in [0.5, 0.6) is 0 Å². The molecule has 0 radical (unpaired) electrons. The van der Waals surface area contributed by atoms with E-state index in [2.05, 4.69) is 21.2 Å². The monoisotopic (exact) mass is 479 g/mol. The van der Waals surface area contributed by atoms with Crippen LogP contribution in [-0.4, -0.2) is 33.7 Å². The van der Waals surface area contributed by atoms with E-state index in [0.29, 0.717) is 11.1 Å². The molecule has 1 N–H and O–H groups in total. The van der Waals surface area contributed by atoms with Crippen molar-refractivity contribution in [3.05, 3.63) is 87.7 Å². The molecule has 7 heteroatoms. The van der Waals surface area contributed by atoms with Gasteiger partial charge >= 0.3 is 6.03 Å². The van der Waals surface area contributed by atoms with Crippen molar-refractivity contribution in [3.8, 4) is 5.69 Å². The number of imide groups is 1. The van der Waals surface area contributed by atoms with Crippen LogP contribution in [0.15, 0.2) is 65.1 Å². The Balaban J connectivity index is 1.61. The molecule has 1 aliphatic heterocycles. The summed E-state index contributed by atoms with van der Waals surface area (Å²) in [6.45, 7) is 5.13. The summed E-state index contributed by atoms with van der Waals surface area (Å²) in [5, 5.41) is 2.75. The molecule has 0 bridgehead atoms. The maximum absolute atomic E-state index is 13.2. The van der Waals surface area contributed by atoms with E-state index in [1.807, 2.05) is 54.8 Å². The zero-order valence-electron chi connectivity index (χ0n) is 17.5. The van der Waals surface area contributed by atoms with Gasteiger partial charge in [-0.1, -0.05) is 46.3 Å². The van der Waals surface area contributed by atoms with Crippen molar-refractivity contribution in [1.82, 2.24) is 14.8 Å². The van der Waals surface area contributed by atoms with Crippen molar-refractivity contribution in [1.29, 1.82) is 0 Å². The Bertz CT molecular complexity index is 1200. The number of aryl methyl sites for hydroxylation is 1. The van der Waals surface area contributed by atoms with Crippen molar-refractivity contribution < 1.29 is 14.4 Å². The Morgan fingerprint density at radius 3 is 2.42 bits per heavy atom. The predicted octanol–water partition coefficient (Wildman–Crippen LogP) is 4.51.